The molecule has 0 fully saturated rings. The van der Waals surface area contributed by atoms with E-state index in [4.69, 9.17) is 16.0 Å². The number of hydrogen-bond donors (Lipinski definition) is 3. The number of carboxylic acids is 1. The summed E-state index contributed by atoms with van der Waals surface area (Å²) in [5, 5.41) is 21.4. The normalized spacial score (nSPS) is 12.8. The first kappa shape index (κ1) is 10.1. The number of carbonyl (C=O) groups is 1. The number of hydrogen-bond acceptors (Lipinski definition) is 5. The van der Waals surface area contributed by atoms with Crippen molar-refractivity contribution < 1.29 is 24.3 Å². The summed E-state index contributed by atoms with van der Waals surface area (Å²) >= 11 is 0. The maximum Gasteiger partial charge on any atom is 0.361 e. The van der Waals surface area contributed by atoms with Gasteiger partial charge in [0.2, 0.25) is 5.71 Å². The summed E-state index contributed by atoms with van der Waals surface area (Å²) in [6, 6.07) is 0. The molecule has 7 nitrogen and oxygen atoms in total. The number of oxime groups is 2. The molecule has 8 heteroatoms. The minimum atomic E-state index is -1.58. The number of alkyl halides is 1. The van der Waals surface area contributed by atoms with Gasteiger partial charge in [0, 0.05) is 0 Å². The van der Waals surface area contributed by atoms with Gasteiger partial charge in [0.1, 0.15) is 0 Å². The number of rotatable bonds is 4. The molecule has 0 radical (unpaired) electrons. The topological polar surface area (TPSA) is 118 Å². The maximum absolute atomic E-state index is 11.3. The average molecular weight is 179 g/mol. The Hall–Kier alpha value is -1.86. The minimum Gasteiger partial charge on any atom is -0.476 e. The number of nitrogens with two attached hydrogens (primary N) is 1. The Kier molecular flexibility index (Phi) is 4.12. The van der Waals surface area contributed by atoms with Crippen molar-refractivity contribution in [1.29, 1.82) is 0 Å². The summed E-state index contributed by atoms with van der Waals surface area (Å²) in [6.07, 6.45) is 0. The molecule has 68 valence electrons. The lowest BCUT2D eigenvalue weighted by Crippen LogP contribution is -2.31. The first-order valence-corrected chi connectivity index (χ1v) is 2.60. The van der Waals surface area contributed by atoms with Crippen molar-refractivity contribution >= 4 is 17.5 Å². The van der Waals surface area contributed by atoms with Gasteiger partial charge in [-0.3, -0.25) is 0 Å². The standard InChI is InChI=1S/C4H6FN3O4/c5-1-12-8-2(4(9)10)3(6)7-11/h11H,1H2,(H2,6,7)(H,9,10). The molecule has 0 aliphatic rings. The van der Waals surface area contributed by atoms with Gasteiger partial charge in [-0.15, -0.1) is 0 Å². The molecule has 0 aromatic rings. The van der Waals surface area contributed by atoms with Gasteiger partial charge in [-0.25, -0.2) is 9.18 Å². The molecule has 0 aromatic carbocycles. The van der Waals surface area contributed by atoms with Gasteiger partial charge >= 0.3 is 5.97 Å². The highest BCUT2D eigenvalue weighted by molar-refractivity contribution is 6.64. The van der Waals surface area contributed by atoms with Gasteiger partial charge in [-0.05, 0) is 0 Å². The van der Waals surface area contributed by atoms with Crippen LogP contribution in [-0.2, 0) is 9.63 Å². The summed E-state index contributed by atoms with van der Waals surface area (Å²) in [4.78, 5) is 13.9. The zero-order valence-corrected chi connectivity index (χ0v) is 5.77. The van der Waals surface area contributed by atoms with Crippen LogP contribution in [-0.4, -0.2) is 34.7 Å². The second-order valence-electron chi connectivity index (χ2n) is 1.47. The third-order valence-corrected chi connectivity index (χ3v) is 0.758. The smallest absolute Gasteiger partial charge is 0.361 e. The number of carboxylic acid groups (broad SMARTS) is 1. The van der Waals surface area contributed by atoms with Crippen molar-refractivity contribution in [2.45, 2.75) is 0 Å². The van der Waals surface area contributed by atoms with Crippen LogP contribution in [0.3, 0.4) is 0 Å². The number of aliphatic carboxylic acids is 1. The molecule has 12 heavy (non-hydrogen) atoms. The van der Waals surface area contributed by atoms with Crippen LogP contribution < -0.4 is 5.73 Å². The number of nitrogens with zero attached hydrogens (tertiary/aromatic N) is 2. The Bertz CT molecular complexity index is 226. The monoisotopic (exact) mass is 179 g/mol. The average Bonchev–Trinajstić information content (AvgIpc) is 2.04. The van der Waals surface area contributed by atoms with E-state index in [0.717, 1.165) is 0 Å². The molecular formula is C4H6FN3O4. The molecule has 0 heterocycles. The Morgan fingerprint density at radius 1 is 1.67 bits per heavy atom. The van der Waals surface area contributed by atoms with Crippen molar-refractivity contribution in [3.05, 3.63) is 0 Å². The lowest BCUT2D eigenvalue weighted by molar-refractivity contribution is -0.129. The zero-order chi connectivity index (χ0) is 9.56. The first-order chi connectivity index (χ1) is 5.63. The minimum absolute atomic E-state index is 0.768. The molecule has 0 aromatic heterocycles. The second kappa shape index (κ2) is 4.88. The van der Waals surface area contributed by atoms with E-state index in [1.165, 1.54) is 0 Å². The second-order valence-corrected chi connectivity index (χ2v) is 1.47. The van der Waals surface area contributed by atoms with E-state index in [2.05, 4.69) is 15.1 Å². The number of amidine groups is 1. The van der Waals surface area contributed by atoms with Gasteiger partial charge < -0.3 is 20.9 Å². The van der Waals surface area contributed by atoms with Crippen LogP contribution in [0.25, 0.3) is 0 Å². The molecule has 0 amide bonds. The third kappa shape index (κ3) is 2.82. The van der Waals surface area contributed by atoms with Crippen LogP contribution in [0, 0.1) is 0 Å². The van der Waals surface area contributed by atoms with Crippen LogP contribution in [0.15, 0.2) is 10.3 Å². The Balaban J connectivity index is 4.55. The van der Waals surface area contributed by atoms with Crippen LogP contribution in [0.5, 0.6) is 0 Å². The summed E-state index contributed by atoms with van der Waals surface area (Å²) in [6.45, 7) is -1.30. The fourth-order valence-corrected chi connectivity index (χ4v) is 0.332. The fraction of sp³-hybridized carbons (Fsp3) is 0.250. The van der Waals surface area contributed by atoms with E-state index < -0.39 is 24.4 Å². The van der Waals surface area contributed by atoms with Crippen molar-refractivity contribution in [3.63, 3.8) is 0 Å². The van der Waals surface area contributed by atoms with E-state index in [-0.39, 0.29) is 0 Å². The van der Waals surface area contributed by atoms with E-state index in [1.54, 1.807) is 0 Å². The van der Waals surface area contributed by atoms with Crippen molar-refractivity contribution in [2.75, 3.05) is 6.86 Å². The van der Waals surface area contributed by atoms with Gasteiger partial charge in [0.05, 0.1) is 0 Å². The van der Waals surface area contributed by atoms with Gasteiger partial charge in [-0.2, -0.15) is 0 Å². The van der Waals surface area contributed by atoms with Crippen LogP contribution in [0.1, 0.15) is 0 Å². The molecule has 0 atom stereocenters. The molecule has 0 saturated carbocycles. The molecule has 0 rings (SSSR count). The molecule has 0 spiro atoms. The molecule has 0 saturated heterocycles. The lowest BCUT2D eigenvalue weighted by Gasteiger charge is -1.96. The van der Waals surface area contributed by atoms with E-state index in [9.17, 15) is 9.18 Å². The molecule has 0 aliphatic carbocycles. The SMILES string of the molecule is NC(=NO)C(=NOCF)C(=O)O. The van der Waals surface area contributed by atoms with Crippen molar-refractivity contribution in [3.8, 4) is 0 Å². The Labute approximate surface area is 65.9 Å². The summed E-state index contributed by atoms with van der Waals surface area (Å²) in [5.41, 5.74) is 3.98. The predicted octanol–water partition coefficient (Wildman–Crippen LogP) is -0.883. The molecule has 0 aliphatic heterocycles. The maximum atomic E-state index is 11.3. The highest BCUT2D eigenvalue weighted by atomic mass is 19.1. The molecule has 0 bridgehead atoms. The lowest BCUT2D eigenvalue weighted by atomic mass is 10.3. The molecule has 0 unspecified atom stereocenters. The van der Waals surface area contributed by atoms with Gasteiger partial charge in [-0.1, -0.05) is 10.3 Å². The van der Waals surface area contributed by atoms with Crippen LogP contribution in [0.2, 0.25) is 0 Å². The zero-order valence-electron chi connectivity index (χ0n) is 5.77. The third-order valence-electron chi connectivity index (χ3n) is 0.758. The van der Waals surface area contributed by atoms with Crippen molar-refractivity contribution in [1.82, 2.24) is 0 Å². The van der Waals surface area contributed by atoms with E-state index in [0.29, 0.717) is 0 Å². The van der Waals surface area contributed by atoms with Gasteiger partial charge in [0.25, 0.3) is 6.86 Å². The quantitative estimate of drug-likeness (QED) is 0.224. The Morgan fingerprint density at radius 3 is 2.58 bits per heavy atom. The van der Waals surface area contributed by atoms with Crippen molar-refractivity contribution in [2.24, 2.45) is 16.0 Å². The summed E-state index contributed by atoms with van der Waals surface area (Å²) < 4.78 is 11.3. The van der Waals surface area contributed by atoms with E-state index >= 15 is 0 Å². The fourth-order valence-electron chi connectivity index (χ4n) is 0.332. The van der Waals surface area contributed by atoms with E-state index in [1.807, 2.05) is 0 Å². The Morgan fingerprint density at radius 2 is 2.25 bits per heavy atom. The molecule has 4 N–H and O–H groups in total. The predicted molar refractivity (Wildman–Crippen MR) is 35.5 cm³/mol. The summed E-state index contributed by atoms with van der Waals surface area (Å²) in [7, 11) is 0. The number of halogens is 1. The highest BCUT2D eigenvalue weighted by Crippen LogP contribution is 1.84. The van der Waals surface area contributed by atoms with Crippen LogP contribution >= 0.6 is 0 Å². The first-order valence-electron chi connectivity index (χ1n) is 2.60. The highest BCUT2D eigenvalue weighted by Gasteiger charge is 2.15. The largest absolute Gasteiger partial charge is 0.476 e. The van der Waals surface area contributed by atoms with Crippen LogP contribution in [0.4, 0.5) is 4.39 Å². The van der Waals surface area contributed by atoms with Gasteiger partial charge in [0.15, 0.2) is 5.84 Å². The summed E-state index contributed by atoms with van der Waals surface area (Å²) in [5.74, 6) is -2.35. The molecular weight excluding hydrogens is 173 g/mol.